The average molecular weight is 582 g/mol. The van der Waals surface area contributed by atoms with Crippen LogP contribution in [0.3, 0.4) is 0 Å². The van der Waals surface area contributed by atoms with Crippen molar-refractivity contribution in [1.82, 2.24) is 10.3 Å². The molecule has 3 aromatic rings. The van der Waals surface area contributed by atoms with Gasteiger partial charge >= 0.3 is 18.1 Å². The Kier molecular flexibility index (Phi) is 9.59. The Morgan fingerprint density at radius 2 is 1.85 bits per heavy atom. The third kappa shape index (κ3) is 6.80. The standard InChI is InChI=1S/C27H26F3N3O6.ClH/c28-27(29,30)21-4-2-1-3-18(21)22-10-15-6-5-14(9-19(15)25(37)33-22)20-12-17(32-24(20)36)13-39-26(38)16(7-8-31)11-23(34)35;/h1-6,9-10,16-17,20H,7-8,11-13,31H2,(H,32,36)(H,33,37)(H,34,35);1H/t16?,17?,20-;/m1./s1. The van der Waals surface area contributed by atoms with E-state index in [4.69, 9.17) is 15.6 Å². The van der Waals surface area contributed by atoms with E-state index in [1.807, 2.05) is 0 Å². The van der Waals surface area contributed by atoms with Gasteiger partial charge in [0.25, 0.3) is 5.56 Å². The number of aromatic amines is 1. The monoisotopic (exact) mass is 581 g/mol. The van der Waals surface area contributed by atoms with Crippen LogP contribution < -0.4 is 16.6 Å². The smallest absolute Gasteiger partial charge is 0.417 e. The van der Waals surface area contributed by atoms with E-state index >= 15 is 0 Å². The predicted molar refractivity (Wildman–Crippen MR) is 142 cm³/mol. The first-order valence-corrected chi connectivity index (χ1v) is 12.2. The average Bonchev–Trinajstić information content (AvgIpc) is 3.26. The van der Waals surface area contributed by atoms with Crippen LogP contribution in [0.5, 0.6) is 0 Å². The maximum absolute atomic E-state index is 13.5. The Morgan fingerprint density at radius 3 is 2.52 bits per heavy atom. The van der Waals surface area contributed by atoms with E-state index in [-0.39, 0.29) is 61.0 Å². The third-order valence-electron chi connectivity index (χ3n) is 6.67. The third-order valence-corrected chi connectivity index (χ3v) is 6.67. The molecule has 40 heavy (non-hydrogen) atoms. The number of nitrogens with two attached hydrogens (primary N) is 1. The number of alkyl halides is 3. The molecule has 2 heterocycles. The number of rotatable bonds is 9. The van der Waals surface area contributed by atoms with Gasteiger partial charge in [0, 0.05) is 16.6 Å². The zero-order valence-corrected chi connectivity index (χ0v) is 21.8. The molecule has 2 unspecified atom stereocenters. The zero-order valence-electron chi connectivity index (χ0n) is 21.0. The number of aromatic nitrogens is 1. The fourth-order valence-electron chi connectivity index (χ4n) is 4.77. The molecule has 1 fully saturated rings. The van der Waals surface area contributed by atoms with Crippen molar-refractivity contribution in [2.75, 3.05) is 13.2 Å². The molecule has 0 aliphatic carbocycles. The minimum Gasteiger partial charge on any atom is -0.481 e. The number of esters is 1. The molecule has 3 atom stereocenters. The number of fused-ring (bicyclic) bond motifs is 1. The molecule has 5 N–H and O–H groups in total. The molecule has 1 saturated heterocycles. The van der Waals surface area contributed by atoms with Crippen LogP contribution >= 0.6 is 12.4 Å². The number of H-pyrrole nitrogens is 1. The van der Waals surface area contributed by atoms with Gasteiger partial charge in [-0.2, -0.15) is 13.2 Å². The molecule has 214 valence electrons. The number of nitrogens with one attached hydrogen (secondary N) is 2. The summed E-state index contributed by atoms with van der Waals surface area (Å²) < 4.78 is 45.7. The lowest BCUT2D eigenvalue weighted by Crippen LogP contribution is -2.33. The number of carboxylic acid groups (broad SMARTS) is 1. The van der Waals surface area contributed by atoms with Crippen molar-refractivity contribution in [1.29, 1.82) is 0 Å². The molecule has 0 bridgehead atoms. The first kappa shape index (κ1) is 30.6. The number of hydrogen-bond acceptors (Lipinski definition) is 6. The van der Waals surface area contributed by atoms with Crippen molar-refractivity contribution in [2.24, 2.45) is 11.7 Å². The number of halogens is 4. The molecule has 2 aromatic carbocycles. The summed E-state index contributed by atoms with van der Waals surface area (Å²) in [4.78, 5) is 51.3. The van der Waals surface area contributed by atoms with Crippen LogP contribution in [0.25, 0.3) is 22.0 Å². The van der Waals surface area contributed by atoms with Crippen LogP contribution in [-0.4, -0.2) is 47.1 Å². The normalized spacial score (nSPS) is 17.6. The van der Waals surface area contributed by atoms with Gasteiger partial charge in [0.1, 0.15) is 6.61 Å². The fourth-order valence-corrected chi connectivity index (χ4v) is 4.77. The van der Waals surface area contributed by atoms with Gasteiger partial charge < -0.3 is 25.9 Å². The van der Waals surface area contributed by atoms with Crippen molar-refractivity contribution < 1.29 is 37.4 Å². The second-order valence-corrected chi connectivity index (χ2v) is 9.40. The van der Waals surface area contributed by atoms with Gasteiger partial charge in [-0.15, -0.1) is 12.4 Å². The van der Waals surface area contributed by atoms with Crippen molar-refractivity contribution in [3.05, 3.63) is 70.0 Å². The Bertz CT molecular complexity index is 1480. The van der Waals surface area contributed by atoms with E-state index < -0.39 is 53.5 Å². The first-order valence-electron chi connectivity index (χ1n) is 12.2. The lowest BCUT2D eigenvalue weighted by atomic mass is 9.93. The van der Waals surface area contributed by atoms with Gasteiger partial charge in [0.05, 0.1) is 29.9 Å². The molecule has 1 aromatic heterocycles. The van der Waals surface area contributed by atoms with E-state index in [0.29, 0.717) is 10.9 Å². The molecule has 0 saturated carbocycles. The number of carbonyl (C=O) groups is 3. The van der Waals surface area contributed by atoms with E-state index in [0.717, 1.165) is 6.07 Å². The number of hydrogen-bond donors (Lipinski definition) is 4. The Hall–Kier alpha value is -3.90. The predicted octanol–water partition coefficient (Wildman–Crippen LogP) is 3.59. The van der Waals surface area contributed by atoms with Gasteiger partial charge in [0.15, 0.2) is 0 Å². The summed E-state index contributed by atoms with van der Waals surface area (Å²) in [6.07, 6.45) is -4.60. The first-order chi connectivity index (χ1) is 18.5. The largest absolute Gasteiger partial charge is 0.481 e. The number of pyridine rings is 1. The van der Waals surface area contributed by atoms with E-state index in [9.17, 15) is 32.3 Å². The van der Waals surface area contributed by atoms with Crippen molar-refractivity contribution >= 4 is 41.0 Å². The lowest BCUT2D eigenvalue weighted by Gasteiger charge is -2.16. The summed E-state index contributed by atoms with van der Waals surface area (Å²) in [5, 5.41) is 12.3. The molecule has 1 amide bonds. The number of amides is 1. The summed E-state index contributed by atoms with van der Waals surface area (Å²) in [5.74, 6) is -3.74. The van der Waals surface area contributed by atoms with Gasteiger partial charge in [-0.05, 0) is 48.5 Å². The molecule has 13 heteroatoms. The highest BCUT2D eigenvalue weighted by Crippen LogP contribution is 2.37. The molecular weight excluding hydrogens is 555 g/mol. The molecular formula is C27H27ClF3N3O6. The van der Waals surface area contributed by atoms with Crippen LogP contribution in [0.1, 0.15) is 36.3 Å². The summed E-state index contributed by atoms with van der Waals surface area (Å²) in [5.41, 5.74) is 4.36. The second-order valence-electron chi connectivity index (χ2n) is 9.40. The number of aliphatic carboxylic acids is 1. The zero-order chi connectivity index (χ0) is 28.3. The quantitative estimate of drug-likeness (QED) is 0.282. The van der Waals surface area contributed by atoms with E-state index in [1.54, 1.807) is 12.1 Å². The topological polar surface area (TPSA) is 152 Å². The fraction of sp³-hybridized carbons (Fsp3) is 0.333. The molecule has 1 aliphatic rings. The molecule has 1 aliphatic heterocycles. The van der Waals surface area contributed by atoms with Crippen molar-refractivity contribution in [3.8, 4) is 11.3 Å². The van der Waals surface area contributed by atoms with Crippen LogP contribution in [0.4, 0.5) is 13.2 Å². The number of ether oxygens (including phenoxy) is 1. The van der Waals surface area contributed by atoms with Crippen LogP contribution in [0.15, 0.2) is 53.3 Å². The van der Waals surface area contributed by atoms with Gasteiger partial charge in [-0.25, -0.2) is 0 Å². The second kappa shape index (κ2) is 12.5. The highest BCUT2D eigenvalue weighted by Gasteiger charge is 2.35. The van der Waals surface area contributed by atoms with Crippen LogP contribution in [0, 0.1) is 5.92 Å². The molecule has 4 rings (SSSR count). The van der Waals surface area contributed by atoms with Crippen molar-refractivity contribution in [2.45, 2.75) is 37.4 Å². The number of carboxylic acids is 1. The lowest BCUT2D eigenvalue weighted by molar-refractivity contribution is -0.153. The number of benzene rings is 2. The maximum atomic E-state index is 13.5. The SMILES string of the molecule is Cl.NCCC(CC(=O)O)C(=O)OCC1C[C@H](c2ccc3cc(-c4ccccc4C(F)(F)F)[nH]c(=O)c3c2)C(=O)N1. The molecule has 9 nitrogen and oxygen atoms in total. The minimum atomic E-state index is -4.60. The maximum Gasteiger partial charge on any atom is 0.417 e. The van der Waals surface area contributed by atoms with Crippen LogP contribution in [0.2, 0.25) is 0 Å². The molecule has 0 radical (unpaired) electrons. The van der Waals surface area contributed by atoms with Gasteiger partial charge in [-0.3, -0.25) is 19.2 Å². The summed E-state index contributed by atoms with van der Waals surface area (Å²) in [6.45, 7) is -0.0371. The van der Waals surface area contributed by atoms with Crippen molar-refractivity contribution in [3.63, 3.8) is 0 Å². The Balaban J connectivity index is 0.00000441. The Morgan fingerprint density at radius 1 is 1.12 bits per heavy atom. The van der Waals surface area contributed by atoms with Crippen LogP contribution in [-0.2, 0) is 25.3 Å². The Labute approximate surface area is 232 Å². The highest BCUT2D eigenvalue weighted by molar-refractivity contribution is 5.90. The van der Waals surface area contributed by atoms with E-state index in [2.05, 4.69) is 10.3 Å². The van der Waals surface area contributed by atoms with E-state index in [1.165, 1.54) is 30.3 Å². The van der Waals surface area contributed by atoms with Gasteiger partial charge in [0.2, 0.25) is 5.91 Å². The van der Waals surface area contributed by atoms with Gasteiger partial charge in [-0.1, -0.05) is 30.3 Å². The summed E-state index contributed by atoms with van der Waals surface area (Å²) >= 11 is 0. The highest BCUT2D eigenvalue weighted by atomic mass is 35.5. The summed E-state index contributed by atoms with van der Waals surface area (Å²) in [7, 11) is 0. The minimum absolute atomic E-state index is 0. The number of carbonyl (C=O) groups excluding carboxylic acids is 2. The summed E-state index contributed by atoms with van der Waals surface area (Å²) in [6, 6.07) is 10.6. The molecule has 0 spiro atoms.